The van der Waals surface area contributed by atoms with Gasteiger partial charge in [-0.3, -0.25) is 14.4 Å². The number of piperazine rings is 1. The highest BCUT2D eigenvalue weighted by atomic mass is 32.2. The molecule has 1 fully saturated rings. The quantitative estimate of drug-likeness (QED) is 0.441. The third-order valence-corrected chi connectivity index (χ3v) is 6.90. The SMILES string of the molecule is CCCCNC(=O)CN1CCN(c2cc(C(=O)O)c3cc(NS(=O)(=O)CC)ccc3n2)CC1. The number of hydrogen-bond acceptors (Lipinski definition) is 7. The van der Waals surface area contributed by atoms with E-state index in [1.54, 1.807) is 12.1 Å². The fourth-order valence-electron chi connectivity index (χ4n) is 3.66. The fourth-order valence-corrected chi connectivity index (χ4v) is 4.30. The summed E-state index contributed by atoms with van der Waals surface area (Å²) in [4.78, 5) is 32.7. The molecule has 0 atom stereocenters. The van der Waals surface area contributed by atoms with Gasteiger partial charge in [0.2, 0.25) is 15.9 Å². The summed E-state index contributed by atoms with van der Waals surface area (Å²) in [5.74, 6) is -0.626. The number of amides is 1. The van der Waals surface area contributed by atoms with E-state index >= 15 is 0 Å². The van der Waals surface area contributed by atoms with E-state index in [4.69, 9.17) is 0 Å². The van der Waals surface area contributed by atoms with Crippen molar-refractivity contribution in [2.24, 2.45) is 0 Å². The van der Waals surface area contributed by atoms with Gasteiger partial charge in [-0.05, 0) is 37.6 Å². The van der Waals surface area contributed by atoms with Crippen LogP contribution < -0.4 is 14.9 Å². The Bertz CT molecular complexity index is 1110. The number of aromatic carboxylic acids is 1. The highest BCUT2D eigenvalue weighted by Crippen LogP contribution is 2.27. The molecule has 0 unspecified atom stereocenters. The van der Waals surface area contributed by atoms with E-state index in [1.807, 2.05) is 4.90 Å². The van der Waals surface area contributed by atoms with E-state index in [2.05, 4.69) is 26.8 Å². The summed E-state index contributed by atoms with van der Waals surface area (Å²) in [6.45, 7) is 7.22. The summed E-state index contributed by atoms with van der Waals surface area (Å²) in [5.41, 5.74) is 0.833. The molecule has 11 heteroatoms. The van der Waals surface area contributed by atoms with Gasteiger partial charge in [0.05, 0.1) is 23.4 Å². The summed E-state index contributed by atoms with van der Waals surface area (Å²) < 4.78 is 26.2. The van der Waals surface area contributed by atoms with Gasteiger partial charge in [0, 0.05) is 43.8 Å². The Morgan fingerprint density at radius 3 is 2.48 bits per heavy atom. The third kappa shape index (κ3) is 6.55. The van der Waals surface area contributed by atoms with Crippen molar-refractivity contribution in [3.05, 3.63) is 29.8 Å². The zero-order chi connectivity index (χ0) is 24.0. The maximum atomic E-state index is 12.1. The standard InChI is InChI=1S/C22H31N5O5S/c1-3-5-8-23-21(28)15-26-9-11-27(12-10-26)20-14-18(22(29)30)17-13-16(6-7-19(17)24-20)25-33(31,32)4-2/h6-7,13-14,25H,3-5,8-12,15H2,1-2H3,(H,23,28)(H,29,30). The van der Waals surface area contributed by atoms with Crippen LogP contribution in [0.25, 0.3) is 10.9 Å². The lowest BCUT2D eigenvalue weighted by Gasteiger charge is -2.35. The first-order valence-electron chi connectivity index (χ1n) is 11.1. The van der Waals surface area contributed by atoms with Crippen LogP contribution >= 0.6 is 0 Å². The molecule has 1 amide bonds. The van der Waals surface area contributed by atoms with Gasteiger partial charge in [-0.25, -0.2) is 18.2 Å². The van der Waals surface area contributed by atoms with Gasteiger partial charge in [0.1, 0.15) is 5.82 Å². The van der Waals surface area contributed by atoms with E-state index in [0.29, 0.717) is 61.7 Å². The molecule has 0 saturated carbocycles. The Balaban J connectivity index is 1.74. The summed E-state index contributed by atoms with van der Waals surface area (Å²) in [6, 6.07) is 6.22. The molecular formula is C22H31N5O5S. The van der Waals surface area contributed by atoms with Gasteiger partial charge in [0.25, 0.3) is 0 Å². The predicted octanol–water partition coefficient (Wildman–Crippen LogP) is 1.73. The third-order valence-electron chi connectivity index (χ3n) is 5.59. The molecule has 10 nitrogen and oxygen atoms in total. The number of pyridine rings is 1. The van der Waals surface area contributed by atoms with Gasteiger partial charge in [0.15, 0.2) is 0 Å². The normalized spacial score (nSPS) is 14.9. The van der Waals surface area contributed by atoms with Crippen molar-refractivity contribution >= 4 is 44.3 Å². The minimum Gasteiger partial charge on any atom is -0.478 e. The smallest absolute Gasteiger partial charge is 0.336 e. The molecule has 1 aromatic carbocycles. The highest BCUT2D eigenvalue weighted by Gasteiger charge is 2.22. The van der Waals surface area contributed by atoms with Crippen molar-refractivity contribution in [3.8, 4) is 0 Å². The number of unbranched alkanes of at least 4 members (excludes halogenated alkanes) is 1. The number of aromatic nitrogens is 1. The number of fused-ring (bicyclic) bond motifs is 1. The highest BCUT2D eigenvalue weighted by molar-refractivity contribution is 7.92. The molecule has 1 aliphatic heterocycles. The van der Waals surface area contributed by atoms with Gasteiger partial charge < -0.3 is 15.3 Å². The molecule has 2 aromatic rings. The largest absolute Gasteiger partial charge is 0.478 e. The lowest BCUT2D eigenvalue weighted by molar-refractivity contribution is -0.122. The molecule has 1 saturated heterocycles. The predicted molar refractivity (Wildman–Crippen MR) is 128 cm³/mol. The van der Waals surface area contributed by atoms with Gasteiger partial charge in [-0.2, -0.15) is 0 Å². The first-order chi connectivity index (χ1) is 15.7. The summed E-state index contributed by atoms with van der Waals surface area (Å²) >= 11 is 0. The van der Waals surface area contributed by atoms with Crippen molar-refractivity contribution in [1.29, 1.82) is 0 Å². The molecule has 1 aliphatic rings. The van der Waals surface area contributed by atoms with Crippen LogP contribution in [0.4, 0.5) is 11.5 Å². The van der Waals surface area contributed by atoms with E-state index < -0.39 is 16.0 Å². The number of carbonyl (C=O) groups excluding carboxylic acids is 1. The van der Waals surface area contributed by atoms with Gasteiger partial charge in [-0.1, -0.05) is 13.3 Å². The van der Waals surface area contributed by atoms with Crippen LogP contribution in [0.15, 0.2) is 24.3 Å². The van der Waals surface area contributed by atoms with Crippen molar-refractivity contribution in [2.45, 2.75) is 26.7 Å². The van der Waals surface area contributed by atoms with Crippen LogP contribution in [-0.4, -0.2) is 80.3 Å². The number of carbonyl (C=O) groups is 2. The van der Waals surface area contributed by atoms with E-state index in [-0.39, 0.29) is 17.2 Å². The maximum absolute atomic E-state index is 12.1. The summed E-state index contributed by atoms with van der Waals surface area (Å²) in [6.07, 6.45) is 2.00. The molecule has 2 heterocycles. The summed E-state index contributed by atoms with van der Waals surface area (Å²) in [5, 5.41) is 13.1. The first kappa shape index (κ1) is 24.7. The lowest BCUT2D eigenvalue weighted by Crippen LogP contribution is -2.49. The topological polar surface area (TPSA) is 132 Å². The Labute approximate surface area is 194 Å². The van der Waals surface area contributed by atoms with E-state index in [9.17, 15) is 23.1 Å². The van der Waals surface area contributed by atoms with Crippen molar-refractivity contribution < 1.29 is 23.1 Å². The maximum Gasteiger partial charge on any atom is 0.336 e. The Morgan fingerprint density at radius 1 is 1.12 bits per heavy atom. The zero-order valence-electron chi connectivity index (χ0n) is 19.0. The van der Waals surface area contributed by atoms with E-state index in [1.165, 1.54) is 19.1 Å². The molecule has 3 rings (SSSR count). The van der Waals surface area contributed by atoms with Gasteiger partial charge >= 0.3 is 5.97 Å². The molecule has 33 heavy (non-hydrogen) atoms. The Morgan fingerprint density at radius 2 is 1.85 bits per heavy atom. The number of hydrogen-bond donors (Lipinski definition) is 3. The van der Waals surface area contributed by atoms with Crippen molar-refractivity contribution in [2.75, 3.05) is 54.6 Å². The first-order valence-corrected chi connectivity index (χ1v) is 12.8. The van der Waals surface area contributed by atoms with Crippen LogP contribution in [0.1, 0.15) is 37.0 Å². The van der Waals surface area contributed by atoms with Crippen LogP contribution in [0.2, 0.25) is 0 Å². The van der Waals surface area contributed by atoms with Crippen molar-refractivity contribution in [1.82, 2.24) is 15.2 Å². The summed E-state index contributed by atoms with van der Waals surface area (Å²) in [7, 11) is -3.48. The Kier molecular flexibility index (Phi) is 8.09. The second-order valence-electron chi connectivity index (χ2n) is 8.04. The molecule has 0 aliphatic carbocycles. The zero-order valence-corrected chi connectivity index (χ0v) is 19.8. The number of sulfonamides is 1. The number of nitrogens with one attached hydrogen (secondary N) is 2. The molecule has 1 aromatic heterocycles. The number of anilines is 2. The lowest BCUT2D eigenvalue weighted by atomic mass is 10.1. The number of benzene rings is 1. The Hall–Kier alpha value is -2.92. The molecule has 180 valence electrons. The van der Waals surface area contributed by atoms with Crippen molar-refractivity contribution in [3.63, 3.8) is 0 Å². The van der Waals surface area contributed by atoms with Gasteiger partial charge in [-0.15, -0.1) is 0 Å². The number of nitrogens with zero attached hydrogens (tertiary/aromatic N) is 3. The fraction of sp³-hybridized carbons (Fsp3) is 0.500. The van der Waals surface area contributed by atoms with Crippen LogP contribution in [0.5, 0.6) is 0 Å². The van der Waals surface area contributed by atoms with Crippen LogP contribution in [0.3, 0.4) is 0 Å². The molecular weight excluding hydrogens is 446 g/mol. The number of carboxylic acid groups (broad SMARTS) is 1. The van der Waals surface area contributed by atoms with E-state index in [0.717, 1.165) is 12.8 Å². The number of carboxylic acids is 1. The molecule has 3 N–H and O–H groups in total. The number of rotatable bonds is 10. The average Bonchev–Trinajstić information content (AvgIpc) is 2.78. The molecule has 0 radical (unpaired) electrons. The molecule has 0 spiro atoms. The average molecular weight is 478 g/mol. The minimum atomic E-state index is -3.48. The minimum absolute atomic E-state index is 0.0170. The van der Waals surface area contributed by atoms with Crippen LogP contribution in [-0.2, 0) is 14.8 Å². The monoisotopic (exact) mass is 477 g/mol. The second kappa shape index (κ2) is 10.8. The molecule has 0 bridgehead atoms. The second-order valence-corrected chi connectivity index (χ2v) is 10.0. The van der Waals surface area contributed by atoms with Crippen LogP contribution in [0, 0.1) is 0 Å².